The van der Waals surface area contributed by atoms with Crippen LogP contribution in [0.5, 0.6) is 17.2 Å². The number of benzene rings is 2. The van der Waals surface area contributed by atoms with Crippen LogP contribution in [0, 0.1) is 0 Å². The zero-order valence-electron chi connectivity index (χ0n) is 18.7. The number of tetrazole rings is 1. The summed E-state index contributed by atoms with van der Waals surface area (Å²) in [5.41, 5.74) is 9.40. The minimum atomic E-state index is -0.976. The lowest BCUT2D eigenvalue weighted by molar-refractivity contribution is 0.103. The second-order valence-corrected chi connectivity index (χ2v) is 7.24. The van der Waals surface area contributed by atoms with Crippen LogP contribution in [0.15, 0.2) is 47.7 Å². The zero-order valence-corrected chi connectivity index (χ0v) is 18.7. The van der Waals surface area contributed by atoms with E-state index in [9.17, 15) is 9.90 Å². The van der Waals surface area contributed by atoms with Crippen LogP contribution in [0.4, 0.5) is 0 Å². The standard InChI is InChI=1S/C22H20N8O5/c1-33-18-7-15-16(8-19(18)34-2)20(24-10-17(15)22-26-29-30-27-22)21(32)12-4-3-5-14(6-12)35-11-13(31)9-25-28-23/h3-8,10,13,31H,9,11H2,1-2H3,(H,26,27,29,30). The number of pyridine rings is 1. The minimum Gasteiger partial charge on any atom is -0.493 e. The highest BCUT2D eigenvalue weighted by atomic mass is 16.5. The average molecular weight is 476 g/mol. The van der Waals surface area contributed by atoms with Gasteiger partial charge in [0.1, 0.15) is 18.1 Å². The number of nitrogens with zero attached hydrogens (tertiary/aromatic N) is 7. The first-order valence-corrected chi connectivity index (χ1v) is 10.3. The number of H-pyrrole nitrogens is 1. The van der Waals surface area contributed by atoms with Crippen molar-refractivity contribution in [1.29, 1.82) is 0 Å². The van der Waals surface area contributed by atoms with E-state index < -0.39 is 6.10 Å². The molecule has 2 aromatic carbocycles. The lowest BCUT2D eigenvalue weighted by Crippen LogP contribution is -2.20. The van der Waals surface area contributed by atoms with E-state index in [1.54, 1.807) is 36.4 Å². The Morgan fingerprint density at radius 1 is 1.20 bits per heavy atom. The molecule has 0 aliphatic heterocycles. The number of hydrogen-bond acceptors (Lipinski definition) is 10. The molecular weight excluding hydrogens is 456 g/mol. The van der Waals surface area contributed by atoms with Crippen molar-refractivity contribution in [3.8, 4) is 28.6 Å². The monoisotopic (exact) mass is 476 g/mol. The number of ketones is 1. The van der Waals surface area contributed by atoms with Crippen LogP contribution < -0.4 is 14.2 Å². The number of azide groups is 1. The molecule has 0 saturated carbocycles. The van der Waals surface area contributed by atoms with Gasteiger partial charge in [-0.3, -0.25) is 9.78 Å². The Morgan fingerprint density at radius 3 is 2.66 bits per heavy atom. The molecule has 0 aliphatic carbocycles. The highest BCUT2D eigenvalue weighted by Gasteiger charge is 2.21. The van der Waals surface area contributed by atoms with Crippen LogP contribution in [-0.2, 0) is 0 Å². The van der Waals surface area contributed by atoms with Gasteiger partial charge in [-0.25, -0.2) is 0 Å². The number of carbonyl (C=O) groups is 1. The summed E-state index contributed by atoms with van der Waals surface area (Å²) in [6.07, 6.45) is 0.523. The van der Waals surface area contributed by atoms with E-state index >= 15 is 0 Å². The van der Waals surface area contributed by atoms with Crippen LogP contribution in [-0.4, -0.2) is 70.0 Å². The third-order valence-electron chi connectivity index (χ3n) is 5.09. The van der Waals surface area contributed by atoms with Gasteiger partial charge in [-0.2, -0.15) is 5.21 Å². The Balaban J connectivity index is 1.74. The van der Waals surface area contributed by atoms with Gasteiger partial charge >= 0.3 is 0 Å². The molecule has 0 fully saturated rings. The lowest BCUT2D eigenvalue weighted by atomic mass is 9.98. The first kappa shape index (κ1) is 23.4. The minimum absolute atomic E-state index is 0.103. The van der Waals surface area contributed by atoms with Crippen LogP contribution >= 0.6 is 0 Å². The number of fused-ring (bicyclic) bond motifs is 1. The molecule has 2 aromatic heterocycles. The van der Waals surface area contributed by atoms with Gasteiger partial charge in [-0.1, -0.05) is 17.2 Å². The van der Waals surface area contributed by atoms with E-state index in [-0.39, 0.29) is 24.6 Å². The number of aliphatic hydroxyl groups is 1. The Labute approximate surface area is 198 Å². The van der Waals surface area contributed by atoms with E-state index in [1.807, 2.05) is 0 Å². The molecule has 0 aliphatic rings. The highest BCUT2D eigenvalue weighted by Crippen LogP contribution is 2.37. The second-order valence-electron chi connectivity index (χ2n) is 7.24. The Bertz CT molecular complexity index is 1400. The molecular formula is C22H20N8O5. The van der Waals surface area contributed by atoms with Crippen molar-refractivity contribution in [1.82, 2.24) is 25.6 Å². The maximum Gasteiger partial charge on any atom is 0.212 e. The average Bonchev–Trinajstić information content (AvgIpc) is 3.43. The molecule has 4 rings (SSSR count). The molecule has 0 spiro atoms. The number of ether oxygens (including phenoxy) is 3. The molecule has 13 heteroatoms. The number of aromatic amines is 1. The summed E-state index contributed by atoms with van der Waals surface area (Å²) in [6.45, 7) is -0.225. The molecule has 0 bridgehead atoms. The molecule has 0 amide bonds. The molecule has 1 unspecified atom stereocenters. The maximum atomic E-state index is 13.5. The van der Waals surface area contributed by atoms with Gasteiger partial charge in [0.15, 0.2) is 11.5 Å². The Kier molecular flexibility index (Phi) is 7.00. The fraction of sp³-hybridized carbons (Fsp3) is 0.227. The van der Waals surface area contributed by atoms with Gasteiger partial charge in [0.25, 0.3) is 0 Å². The van der Waals surface area contributed by atoms with Crippen LogP contribution in [0.1, 0.15) is 16.1 Å². The number of methoxy groups -OCH3 is 2. The molecule has 178 valence electrons. The van der Waals surface area contributed by atoms with Crippen LogP contribution in [0.3, 0.4) is 0 Å². The van der Waals surface area contributed by atoms with Gasteiger partial charge in [0.05, 0.1) is 26.9 Å². The fourth-order valence-electron chi connectivity index (χ4n) is 3.44. The molecule has 13 nitrogen and oxygen atoms in total. The summed E-state index contributed by atoms with van der Waals surface area (Å²) >= 11 is 0. The van der Waals surface area contributed by atoms with Gasteiger partial charge in [-0.05, 0) is 35.0 Å². The van der Waals surface area contributed by atoms with Crippen molar-refractivity contribution in [3.63, 3.8) is 0 Å². The second kappa shape index (κ2) is 10.5. The molecule has 4 aromatic rings. The summed E-state index contributed by atoms with van der Waals surface area (Å²) < 4.78 is 16.4. The van der Waals surface area contributed by atoms with Crippen molar-refractivity contribution in [2.45, 2.75) is 6.10 Å². The van der Waals surface area contributed by atoms with E-state index in [0.29, 0.717) is 45.0 Å². The van der Waals surface area contributed by atoms with Crippen molar-refractivity contribution < 1.29 is 24.1 Å². The third-order valence-corrected chi connectivity index (χ3v) is 5.09. The molecule has 0 saturated heterocycles. The number of hydrogen-bond donors (Lipinski definition) is 2. The first-order valence-electron chi connectivity index (χ1n) is 10.3. The number of carbonyl (C=O) groups excluding carboxylic acids is 1. The number of aromatic nitrogens is 5. The maximum absolute atomic E-state index is 13.5. The van der Waals surface area contributed by atoms with Gasteiger partial charge in [0, 0.05) is 33.0 Å². The van der Waals surface area contributed by atoms with E-state index in [4.69, 9.17) is 19.7 Å². The quantitative estimate of drug-likeness (QED) is 0.150. The first-order chi connectivity index (χ1) is 17.0. The van der Waals surface area contributed by atoms with Crippen LogP contribution in [0.2, 0.25) is 0 Å². The van der Waals surface area contributed by atoms with E-state index in [1.165, 1.54) is 20.4 Å². The summed E-state index contributed by atoms with van der Waals surface area (Å²) in [4.78, 5) is 20.5. The summed E-state index contributed by atoms with van der Waals surface area (Å²) in [5, 5.41) is 28.3. The summed E-state index contributed by atoms with van der Waals surface area (Å²) in [5.74, 6) is 1.20. The lowest BCUT2D eigenvalue weighted by Gasteiger charge is -2.14. The van der Waals surface area contributed by atoms with Gasteiger partial charge in [-0.15, -0.1) is 10.2 Å². The summed E-state index contributed by atoms with van der Waals surface area (Å²) in [6, 6.07) is 9.88. The highest BCUT2D eigenvalue weighted by molar-refractivity contribution is 6.17. The number of nitrogens with one attached hydrogen (secondary N) is 1. The van der Waals surface area contributed by atoms with Crippen molar-refractivity contribution >= 4 is 16.6 Å². The Morgan fingerprint density at radius 2 is 1.97 bits per heavy atom. The predicted molar refractivity (Wildman–Crippen MR) is 123 cm³/mol. The largest absolute Gasteiger partial charge is 0.493 e. The van der Waals surface area contributed by atoms with Crippen LogP contribution in [0.25, 0.3) is 32.6 Å². The molecule has 35 heavy (non-hydrogen) atoms. The van der Waals surface area contributed by atoms with Crippen molar-refractivity contribution in [2.24, 2.45) is 5.11 Å². The van der Waals surface area contributed by atoms with Crippen molar-refractivity contribution in [3.05, 3.63) is 64.3 Å². The van der Waals surface area contributed by atoms with Gasteiger partial charge in [0.2, 0.25) is 11.6 Å². The smallest absolute Gasteiger partial charge is 0.212 e. The third kappa shape index (κ3) is 4.95. The predicted octanol–water partition coefficient (Wildman–Crippen LogP) is 2.71. The zero-order chi connectivity index (χ0) is 24.8. The van der Waals surface area contributed by atoms with E-state index in [0.717, 1.165) is 0 Å². The normalized spacial score (nSPS) is 11.5. The van der Waals surface area contributed by atoms with Crippen molar-refractivity contribution in [2.75, 3.05) is 27.4 Å². The van der Waals surface area contributed by atoms with E-state index in [2.05, 4.69) is 35.6 Å². The van der Waals surface area contributed by atoms with Gasteiger partial charge < -0.3 is 19.3 Å². The topological polar surface area (TPSA) is 181 Å². The number of aliphatic hydroxyl groups excluding tert-OH is 1. The molecule has 2 N–H and O–H groups in total. The Hall–Kier alpha value is -4.74. The molecule has 2 heterocycles. The molecule has 1 atom stereocenters. The number of rotatable bonds is 10. The SMILES string of the molecule is COc1cc2c(-c3nn[nH]n3)cnc(C(=O)c3cccc(OCC(O)CN=[N+]=[N-])c3)c2cc1OC. The molecule has 0 radical (unpaired) electrons. The summed E-state index contributed by atoms with van der Waals surface area (Å²) in [7, 11) is 3.01. The fourth-order valence-corrected chi connectivity index (χ4v) is 3.44.